The Bertz CT molecular complexity index is 1030. The summed E-state index contributed by atoms with van der Waals surface area (Å²) in [6, 6.07) is 13.2. The van der Waals surface area contributed by atoms with E-state index in [-0.39, 0.29) is 22.7 Å². The molecule has 0 saturated carbocycles. The van der Waals surface area contributed by atoms with E-state index < -0.39 is 15.9 Å². The van der Waals surface area contributed by atoms with Gasteiger partial charge >= 0.3 is 0 Å². The van der Waals surface area contributed by atoms with Crippen LogP contribution in [0.4, 0.5) is 5.69 Å². The van der Waals surface area contributed by atoms with Gasteiger partial charge in [-0.2, -0.15) is 0 Å². The van der Waals surface area contributed by atoms with Crippen LogP contribution in [0.1, 0.15) is 15.9 Å². The van der Waals surface area contributed by atoms with E-state index in [2.05, 4.69) is 15.0 Å². The summed E-state index contributed by atoms with van der Waals surface area (Å²) in [4.78, 5) is 16.3. The molecule has 0 saturated heterocycles. The summed E-state index contributed by atoms with van der Waals surface area (Å²) in [5.41, 5.74) is 7.03. The number of hydrogen-bond acceptors (Lipinski definition) is 5. The fourth-order valence-corrected chi connectivity index (χ4v) is 3.68. The molecule has 0 fully saturated rings. The number of nitrogens with one attached hydrogen (secondary N) is 2. The molecule has 0 radical (unpaired) electrons. The van der Waals surface area contributed by atoms with Crippen molar-refractivity contribution in [3.05, 3.63) is 78.4 Å². The summed E-state index contributed by atoms with van der Waals surface area (Å²) in [6.45, 7) is 1.07. The highest BCUT2D eigenvalue weighted by Crippen LogP contribution is 2.17. The van der Waals surface area contributed by atoms with Crippen molar-refractivity contribution >= 4 is 21.6 Å². The van der Waals surface area contributed by atoms with Crippen LogP contribution in [0.25, 0.3) is 0 Å². The lowest BCUT2D eigenvalue weighted by atomic mass is 10.2. The standard InChI is InChI=1S/C19H21N5O3S/c20-17-10-16(19(25)22-7-9-24-8-6-21-14-24)11-18(12-17)28(26,27)23-13-15-4-2-1-3-5-15/h1-6,8,10-12,14,23H,7,9,13,20H2,(H,22,25). The molecule has 3 rings (SSSR count). The zero-order valence-electron chi connectivity index (χ0n) is 15.1. The number of benzene rings is 2. The van der Waals surface area contributed by atoms with E-state index in [1.165, 1.54) is 18.2 Å². The molecule has 1 aromatic heterocycles. The van der Waals surface area contributed by atoms with Crippen LogP contribution in [-0.4, -0.2) is 30.4 Å². The molecule has 0 bridgehead atoms. The second-order valence-electron chi connectivity index (χ2n) is 6.16. The van der Waals surface area contributed by atoms with Gasteiger partial charge in [0.15, 0.2) is 0 Å². The fourth-order valence-electron chi connectivity index (χ4n) is 2.59. The molecular formula is C19H21N5O3S. The number of nitrogens with two attached hydrogens (primary N) is 1. The maximum Gasteiger partial charge on any atom is 0.251 e. The van der Waals surface area contributed by atoms with Crippen molar-refractivity contribution < 1.29 is 13.2 Å². The van der Waals surface area contributed by atoms with Gasteiger partial charge in [-0.25, -0.2) is 18.1 Å². The van der Waals surface area contributed by atoms with Gasteiger partial charge < -0.3 is 15.6 Å². The molecule has 146 valence electrons. The molecule has 1 heterocycles. The third-order valence-corrected chi connectivity index (χ3v) is 5.41. The minimum absolute atomic E-state index is 0.0526. The molecule has 9 heteroatoms. The van der Waals surface area contributed by atoms with Gasteiger partial charge in [0.05, 0.1) is 11.2 Å². The second kappa shape index (κ2) is 8.68. The highest BCUT2D eigenvalue weighted by atomic mass is 32.2. The third-order valence-electron chi connectivity index (χ3n) is 4.03. The topological polar surface area (TPSA) is 119 Å². The van der Waals surface area contributed by atoms with Crippen LogP contribution in [0.5, 0.6) is 0 Å². The van der Waals surface area contributed by atoms with Crippen LogP contribution in [0.15, 0.2) is 72.1 Å². The summed E-state index contributed by atoms with van der Waals surface area (Å²) in [7, 11) is -3.82. The predicted octanol–water partition coefficient (Wildman–Crippen LogP) is 1.37. The van der Waals surface area contributed by atoms with Gasteiger partial charge in [-0.15, -0.1) is 0 Å². The molecule has 3 aromatic rings. The molecule has 1 amide bonds. The predicted molar refractivity (Wildman–Crippen MR) is 106 cm³/mol. The molecule has 0 aliphatic rings. The SMILES string of the molecule is Nc1cc(C(=O)NCCn2ccnc2)cc(S(=O)(=O)NCc2ccccc2)c1. The number of imidazole rings is 1. The van der Waals surface area contributed by atoms with Crippen LogP contribution in [0.3, 0.4) is 0 Å². The van der Waals surface area contributed by atoms with Crippen molar-refractivity contribution in [1.82, 2.24) is 19.6 Å². The zero-order valence-corrected chi connectivity index (χ0v) is 15.9. The van der Waals surface area contributed by atoms with Crippen molar-refractivity contribution in [1.29, 1.82) is 0 Å². The summed E-state index contributed by atoms with van der Waals surface area (Å²) in [6.07, 6.45) is 5.09. The molecular weight excluding hydrogens is 378 g/mol. The Morgan fingerprint density at radius 3 is 2.64 bits per heavy atom. The number of sulfonamides is 1. The Hall–Kier alpha value is -3.17. The minimum Gasteiger partial charge on any atom is -0.399 e. The fraction of sp³-hybridized carbons (Fsp3) is 0.158. The minimum atomic E-state index is -3.82. The van der Waals surface area contributed by atoms with Gasteiger partial charge in [-0.1, -0.05) is 30.3 Å². The molecule has 28 heavy (non-hydrogen) atoms. The van der Waals surface area contributed by atoms with E-state index in [1.54, 1.807) is 18.7 Å². The number of aromatic nitrogens is 2. The van der Waals surface area contributed by atoms with Gasteiger partial charge in [0.25, 0.3) is 5.91 Å². The Labute approximate surface area is 163 Å². The highest BCUT2D eigenvalue weighted by molar-refractivity contribution is 7.89. The average molecular weight is 399 g/mol. The van der Waals surface area contributed by atoms with Crippen LogP contribution in [0.2, 0.25) is 0 Å². The van der Waals surface area contributed by atoms with Gasteiger partial charge in [0.1, 0.15) is 0 Å². The van der Waals surface area contributed by atoms with E-state index in [0.717, 1.165) is 5.56 Å². The van der Waals surface area contributed by atoms with Crippen LogP contribution < -0.4 is 15.8 Å². The first-order valence-corrected chi connectivity index (χ1v) is 10.1. The van der Waals surface area contributed by atoms with Crippen LogP contribution >= 0.6 is 0 Å². The molecule has 0 atom stereocenters. The second-order valence-corrected chi connectivity index (χ2v) is 7.92. The third kappa shape index (κ3) is 5.18. The van der Waals surface area contributed by atoms with Gasteiger partial charge in [-0.05, 0) is 23.8 Å². The van der Waals surface area contributed by atoms with Crippen molar-refractivity contribution in [3.63, 3.8) is 0 Å². The number of amides is 1. The molecule has 2 aromatic carbocycles. The normalized spacial score (nSPS) is 11.3. The van der Waals surface area contributed by atoms with Crippen molar-refractivity contribution in [2.75, 3.05) is 12.3 Å². The lowest BCUT2D eigenvalue weighted by molar-refractivity contribution is 0.0952. The summed E-state index contributed by atoms with van der Waals surface area (Å²) < 4.78 is 29.5. The Morgan fingerprint density at radius 2 is 1.93 bits per heavy atom. The highest BCUT2D eigenvalue weighted by Gasteiger charge is 2.17. The lowest BCUT2D eigenvalue weighted by Gasteiger charge is -2.11. The lowest BCUT2D eigenvalue weighted by Crippen LogP contribution is -2.28. The number of nitrogen functional groups attached to an aromatic ring is 1. The molecule has 4 N–H and O–H groups in total. The summed E-state index contributed by atoms with van der Waals surface area (Å²) in [5.74, 6) is -0.396. The number of anilines is 1. The Morgan fingerprint density at radius 1 is 1.14 bits per heavy atom. The molecule has 0 unspecified atom stereocenters. The number of nitrogens with zero attached hydrogens (tertiary/aromatic N) is 2. The van der Waals surface area contributed by atoms with Gasteiger partial charge in [0.2, 0.25) is 10.0 Å². The molecule has 0 spiro atoms. The molecule has 0 aliphatic carbocycles. The van der Waals surface area contributed by atoms with Gasteiger partial charge in [0, 0.05) is 43.3 Å². The maximum atomic E-state index is 12.6. The van der Waals surface area contributed by atoms with Crippen molar-refractivity contribution in [2.45, 2.75) is 18.0 Å². The maximum absolute atomic E-state index is 12.6. The van der Waals surface area contributed by atoms with E-state index in [0.29, 0.717) is 13.1 Å². The zero-order chi connectivity index (χ0) is 20.0. The molecule has 8 nitrogen and oxygen atoms in total. The average Bonchev–Trinajstić information content (AvgIpc) is 3.20. The van der Waals surface area contributed by atoms with Crippen LogP contribution in [0, 0.1) is 0 Å². The van der Waals surface area contributed by atoms with E-state index in [4.69, 9.17) is 5.73 Å². The van der Waals surface area contributed by atoms with Crippen molar-refractivity contribution in [2.24, 2.45) is 0 Å². The van der Waals surface area contributed by atoms with E-state index >= 15 is 0 Å². The van der Waals surface area contributed by atoms with Crippen LogP contribution in [-0.2, 0) is 23.1 Å². The number of rotatable bonds is 8. The summed E-state index contributed by atoms with van der Waals surface area (Å²) in [5, 5.41) is 2.74. The molecule has 0 aliphatic heterocycles. The smallest absolute Gasteiger partial charge is 0.251 e. The number of carbonyl (C=O) groups is 1. The van der Waals surface area contributed by atoms with Crippen molar-refractivity contribution in [3.8, 4) is 0 Å². The summed E-state index contributed by atoms with van der Waals surface area (Å²) >= 11 is 0. The number of carbonyl (C=O) groups excluding carboxylic acids is 1. The largest absolute Gasteiger partial charge is 0.399 e. The first-order chi connectivity index (χ1) is 13.4. The van der Waals surface area contributed by atoms with E-state index in [1.807, 2.05) is 34.9 Å². The first-order valence-electron chi connectivity index (χ1n) is 8.62. The monoisotopic (exact) mass is 399 g/mol. The van der Waals surface area contributed by atoms with E-state index in [9.17, 15) is 13.2 Å². The Balaban J connectivity index is 1.68. The Kier molecular flexibility index (Phi) is 6.07. The van der Waals surface area contributed by atoms with Gasteiger partial charge in [-0.3, -0.25) is 4.79 Å². The first kappa shape index (κ1) is 19.6. The number of hydrogen-bond donors (Lipinski definition) is 3. The quantitative estimate of drug-likeness (QED) is 0.494.